The van der Waals surface area contributed by atoms with Crippen molar-refractivity contribution in [2.75, 3.05) is 31.6 Å². The second-order valence-corrected chi connectivity index (χ2v) is 9.13. The third-order valence-corrected chi connectivity index (χ3v) is 6.99. The normalized spacial score (nSPS) is 14.9. The summed E-state index contributed by atoms with van der Waals surface area (Å²) in [6.45, 7) is 3.16. The van der Waals surface area contributed by atoms with Crippen molar-refractivity contribution in [1.82, 2.24) is 9.29 Å². The predicted molar refractivity (Wildman–Crippen MR) is 118 cm³/mol. The average Bonchev–Trinajstić information content (AvgIpc) is 2.80. The number of hydrogen-bond acceptors (Lipinski definition) is 5. The Balaban J connectivity index is 1.53. The molecule has 1 fully saturated rings. The highest BCUT2D eigenvalue weighted by Gasteiger charge is 2.26. The minimum atomic E-state index is -3.64. The van der Waals surface area contributed by atoms with Gasteiger partial charge in [0.05, 0.1) is 35.1 Å². The molecule has 1 aliphatic heterocycles. The Kier molecular flexibility index (Phi) is 6.13. The number of carbonyl (C=O) groups excluding carboxylic acids is 1. The number of pyridine rings is 1. The van der Waals surface area contributed by atoms with Gasteiger partial charge in [-0.05, 0) is 37.3 Å². The number of benzene rings is 2. The fourth-order valence-electron chi connectivity index (χ4n) is 3.44. The van der Waals surface area contributed by atoms with E-state index in [1.807, 2.05) is 30.3 Å². The molecule has 0 aliphatic carbocycles. The number of aryl methyl sites for hydroxylation is 1. The van der Waals surface area contributed by atoms with Gasteiger partial charge in [-0.15, -0.1) is 0 Å². The fraction of sp³-hybridized carbons (Fsp3) is 0.217. The van der Waals surface area contributed by atoms with Gasteiger partial charge in [-0.25, -0.2) is 8.42 Å². The molecule has 0 bridgehead atoms. The van der Waals surface area contributed by atoms with Crippen molar-refractivity contribution in [3.63, 3.8) is 0 Å². The van der Waals surface area contributed by atoms with Gasteiger partial charge >= 0.3 is 0 Å². The molecular formula is C23H23N3O4S. The number of ether oxygens (including phenoxy) is 1. The smallest absolute Gasteiger partial charge is 0.257 e. The Labute approximate surface area is 181 Å². The van der Waals surface area contributed by atoms with Crippen LogP contribution in [0.15, 0.2) is 71.6 Å². The number of sulfonamides is 1. The van der Waals surface area contributed by atoms with Crippen LogP contribution in [0.1, 0.15) is 16.1 Å². The van der Waals surface area contributed by atoms with Crippen LogP contribution in [-0.2, 0) is 14.8 Å². The lowest BCUT2D eigenvalue weighted by Crippen LogP contribution is -2.40. The van der Waals surface area contributed by atoms with E-state index in [9.17, 15) is 13.2 Å². The van der Waals surface area contributed by atoms with Crippen LogP contribution in [0.25, 0.3) is 11.3 Å². The standard InChI is InChI=1S/C23H23N3O4S/c1-17-21(10-11-22(24-17)18-6-3-2-4-7-18)23(27)25-19-8-5-9-20(16-19)31(28,29)26-12-14-30-15-13-26/h2-11,16H,12-15H2,1H3,(H,25,27). The monoisotopic (exact) mass is 437 g/mol. The van der Waals surface area contributed by atoms with Crippen molar-refractivity contribution in [3.8, 4) is 11.3 Å². The Morgan fingerprint density at radius 2 is 1.74 bits per heavy atom. The third kappa shape index (κ3) is 4.66. The predicted octanol–water partition coefficient (Wildman–Crippen LogP) is 3.33. The van der Waals surface area contributed by atoms with Crippen molar-refractivity contribution in [2.45, 2.75) is 11.8 Å². The van der Waals surface area contributed by atoms with Crippen molar-refractivity contribution in [2.24, 2.45) is 0 Å². The highest BCUT2D eigenvalue weighted by molar-refractivity contribution is 7.89. The van der Waals surface area contributed by atoms with Crippen LogP contribution in [0.4, 0.5) is 5.69 Å². The van der Waals surface area contributed by atoms with E-state index in [0.29, 0.717) is 43.2 Å². The van der Waals surface area contributed by atoms with Crippen LogP contribution < -0.4 is 5.32 Å². The van der Waals surface area contributed by atoms with Gasteiger partial charge < -0.3 is 10.1 Å². The van der Waals surface area contributed by atoms with Gasteiger partial charge in [0.15, 0.2) is 0 Å². The number of carbonyl (C=O) groups is 1. The molecule has 0 spiro atoms. The van der Waals surface area contributed by atoms with Crippen molar-refractivity contribution in [3.05, 3.63) is 78.0 Å². The van der Waals surface area contributed by atoms with Crippen molar-refractivity contribution in [1.29, 1.82) is 0 Å². The summed E-state index contributed by atoms with van der Waals surface area (Å²) in [6.07, 6.45) is 0. The topological polar surface area (TPSA) is 88.6 Å². The fourth-order valence-corrected chi connectivity index (χ4v) is 4.89. The zero-order chi connectivity index (χ0) is 21.8. The summed E-state index contributed by atoms with van der Waals surface area (Å²) in [6, 6.07) is 19.5. The van der Waals surface area contributed by atoms with Crippen molar-refractivity contribution < 1.29 is 17.9 Å². The molecule has 0 unspecified atom stereocenters. The molecule has 0 saturated carbocycles. The number of nitrogens with zero attached hydrogens (tertiary/aromatic N) is 2. The average molecular weight is 438 g/mol. The molecule has 0 atom stereocenters. The second kappa shape index (κ2) is 8.97. The van der Waals surface area contributed by atoms with E-state index >= 15 is 0 Å². The molecule has 2 aromatic carbocycles. The Morgan fingerprint density at radius 1 is 1.00 bits per heavy atom. The van der Waals surface area contributed by atoms with Crippen LogP contribution in [-0.4, -0.2) is 49.9 Å². The summed E-state index contributed by atoms with van der Waals surface area (Å²) in [5.41, 5.74) is 3.19. The minimum Gasteiger partial charge on any atom is -0.379 e. The third-order valence-electron chi connectivity index (χ3n) is 5.10. The lowest BCUT2D eigenvalue weighted by molar-refractivity contribution is 0.0730. The van der Waals surface area contributed by atoms with Crippen molar-refractivity contribution >= 4 is 21.6 Å². The van der Waals surface area contributed by atoms with Crippen LogP contribution >= 0.6 is 0 Å². The van der Waals surface area contributed by atoms with E-state index in [-0.39, 0.29) is 10.8 Å². The maximum Gasteiger partial charge on any atom is 0.257 e. The first-order valence-electron chi connectivity index (χ1n) is 9.97. The van der Waals surface area contributed by atoms with Gasteiger partial charge in [-0.3, -0.25) is 9.78 Å². The first kappa shape index (κ1) is 21.2. The summed E-state index contributed by atoms with van der Waals surface area (Å²) in [5.74, 6) is -0.342. The van der Waals surface area contributed by atoms with Crippen LogP contribution in [0.2, 0.25) is 0 Å². The first-order valence-corrected chi connectivity index (χ1v) is 11.4. The molecule has 4 rings (SSSR count). The van der Waals surface area contributed by atoms with E-state index in [0.717, 1.165) is 11.3 Å². The maximum atomic E-state index is 12.9. The molecule has 2 heterocycles. The summed E-state index contributed by atoms with van der Waals surface area (Å²) >= 11 is 0. The molecule has 7 nitrogen and oxygen atoms in total. The number of morpholine rings is 1. The molecule has 31 heavy (non-hydrogen) atoms. The SMILES string of the molecule is Cc1nc(-c2ccccc2)ccc1C(=O)Nc1cccc(S(=O)(=O)N2CCOCC2)c1. The molecule has 160 valence electrons. The van der Waals surface area contributed by atoms with Gasteiger partial charge in [0.2, 0.25) is 10.0 Å². The largest absolute Gasteiger partial charge is 0.379 e. The van der Waals surface area contributed by atoms with Gasteiger partial charge in [0.25, 0.3) is 5.91 Å². The molecule has 1 aromatic heterocycles. The number of rotatable bonds is 5. The minimum absolute atomic E-state index is 0.140. The summed E-state index contributed by atoms with van der Waals surface area (Å²) in [7, 11) is -3.64. The zero-order valence-electron chi connectivity index (χ0n) is 17.1. The molecular weight excluding hydrogens is 414 g/mol. The number of hydrogen-bond donors (Lipinski definition) is 1. The number of anilines is 1. The number of nitrogens with one attached hydrogen (secondary N) is 1. The summed E-state index contributed by atoms with van der Waals surface area (Å²) in [4.78, 5) is 17.5. The maximum absolute atomic E-state index is 12.9. The number of amides is 1. The summed E-state index contributed by atoms with van der Waals surface area (Å²) in [5, 5.41) is 2.79. The van der Waals surface area contributed by atoms with E-state index in [4.69, 9.17) is 4.74 Å². The molecule has 1 saturated heterocycles. The van der Waals surface area contributed by atoms with Crippen LogP contribution in [0.5, 0.6) is 0 Å². The number of aromatic nitrogens is 1. The highest BCUT2D eigenvalue weighted by Crippen LogP contribution is 2.22. The Hall–Kier alpha value is -3.07. The van der Waals surface area contributed by atoms with Gasteiger partial charge in [-0.1, -0.05) is 36.4 Å². The molecule has 3 aromatic rings. The molecule has 1 amide bonds. The Morgan fingerprint density at radius 3 is 2.45 bits per heavy atom. The van der Waals surface area contributed by atoms with Crippen LogP contribution in [0, 0.1) is 6.92 Å². The quantitative estimate of drug-likeness (QED) is 0.661. The molecule has 0 radical (unpaired) electrons. The molecule has 1 aliphatic rings. The summed E-state index contributed by atoms with van der Waals surface area (Å²) < 4.78 is 32.4. The Bertz CT molecular complexity index is 1190. The zero-order valence-corrected chi connectivity index (χ0v) is 17.9. The lowest BCUT2D eigenvalue weighted by Gasteiger charge is -2.26. The highest BCUT2D eigenvalue weighted by atomic mass is 32.2. The van der Waals surface area contributed by atoms with Gasteiger partial charge in [0.1, 0.15) is 0 Å². The van der Waals surface area contributed by atoms with E-state index in [1.165, 1.54) is 16.4 Å². The lowest BCUT2D eigenvalue weighted by atomic mass is 10.1. The van der Waals surface area contributed by atoms with Crippen LogP contribution in [0.3, 0.4) is 0 Å². The second-order valence-electron chi connectivity index (χ2n) is 7.19. The van der Waals surface area contributed by atoms with Gasteiger partial charge in [0, 0.05) is 24.3 Å². The van der Waals surface area contributed by atoms with Gasteiger partial charge in [-0.2, -0.15) is 4.31 Å². The first-order chi connectivity index (χ1) is 14.9. The molecule has 1 N–H and O–H groups in total. The van der Waals surface area contributed by atoms with E-state index in [2.05, 4.69) is 10.3 Å². The van der Waals surface area contributed by atoms with E-state index < -0.39 is 10.0 Å². The van der Waals surface area contributed by atoms with E-state index in [1.54, 1.807) is 31.2 Å². The molecule has 8 heteroatoms.